The Kier molecular flexibility index (Phi) is 3.10. The fourth-order valence-electron chi connectivity index (χ4n) is 3.61. The number of hydrogen-bond acceptors (Lipinski definition) is 2. The van der Waals surface area contributed by atoms with Crippen LogP contribution in [0.15, 0.2) is 79.0 Å². The zero-order valence-electron chi connectivity index (χ0n) is 17.9. The van der Waals surface area contributed by atoms with Gasteiger partial charge in [0.05, 0.1) is 5.69 Å². The van der Waals surface area contributed by atoms with Crippen LogP contribution in [0.1, 0.15) is 15.2 Å². The van der Waals surface area contributed by atoms with Crippen molar-refractivity contribution in [3.05, 3.63) is 90.1 Å². The molecule has 0 spiro atoms. The van der Waals surface area contributed by atoms with Crippen LogP contribution in [0.3, 0.4) is 0 Å². The van der Waals surface area contributed by atoms with Gasteiger partial charge in [0.25, 0.3) is 0 Å². The van der Waals surface area contributed by atoms with E-state index in [-0.39, 0.29) is 0 Å². The van der Waals surface area contributed by atoms with Gasteiger partial charge >= 0.3 is 0 Å². The lowest BCUT2D eigenvalue weighted by atomic mass is 10.00. The number of aromatic nitrogens is 1. The first-order valence-electron chi connectivity index (χ1n) is 10.4. The van der Waals surface area contributed by atoms with E-state index in [9.17, 15) is 0 Å². The Labute approximate surface area is 167 Å². The maximum atomic E-state index is 8.11. The second kappa shape index (κ2) is 6.33. The summed E-state index contributed by atoms with van der Waals surface area (Å²) in [6.45, 7) is -0.107. The number of fused-ring (bicyclic) bond motifs is 3. The fraction of sp³-hybridized carbons (Fsp3) is 0.0800. The highest BCUT2D eigenvalue weighted by Crippen LogP contribution is 2.41. The molecule has 27 heavy (non-hydrogen) atoms. The lowest BCUT2D eigenvalue weighted by Crippen LogP contribution is -1.89. The topological polar surface area (TPSA) is 12.9 Å². The summed E-state index contributed by atoms with van der Waals surface area (Å²) in [4.78, 5) is 4.70. The summed E-state index contributed by atoms with van der Waals surface area (Å²) in [7, 11) is 0. The molecule has 0 bridgehead atoms. The lowest BCUT2D eigenvalue weighted by Gasteiger charge is -2.09. The third kappa shape index (κ3) is 2.65. The molecule has 2 aromatic heterocycles. The van der Waals surface area contributed by atoms with Gasteiger partial charge in [0.2, 0.25) is 0 Å². The van der Waals surface area contributed by atoms with Gasteiger partial charge in [0.1, 0.15) is 0 Å². The third-order valence-electron chi connectivity index (χ3n) is 4.99. The van der Waals surface area contributed by atoms with Gasteiger partial charge < -0.3 is 0 Å². The molecule has 5 rings (SSSR count). The molecular weight excluding hydrogens is 346 g/mol. The zero-order chi connectivity index (χ0) is 20.9. The Balaban J connectivity index is 1.76. The van der Waals surface area contributed by atoms with Gasteiger partial charge in [-0.05, 0) is 36.5 Å². The minimum Gasteiger partial charge on any atom is -0.256 e. The highest BCUT2D eigenvalue weighted by molar-refractivity contribution is 7.26. The van der Waals surface area contributed by atoms with Crippen molar-refractivity contribution in [1.82, 2.24) is 4.98 Å². The SMILES string of the molecule is [2H]C([2H])([2H])c1cc(-c2cccc3c2sc2c(C)cccc23)ncc1-c1ccccc1. The molecule has 0 fully saturated rings. The molecule has 0 N–H and O–H groups in total. The normalized spacial score (nSPS) is 13.4. The van der Waals surface area contributed by atoms with Crippen LogP contribution < -0.4 is 0 Å². The van der Waals surface area contributed by atoms with E-state index in [1.165, 1.54) is 21.0 Å². The molecule has 130 valence electrons. The maximum Gasteiger partial charge on any atom is 0.0719 e. The molecule has 0 aliphatic heterocycles. The first-order chi connectivity index (χ1) is 14.4. The van der Waals surface area contributed by atoms with Crippen molar-refractivity contribution in [2.45, 2.75) is 13.8 Å². The van der Waals surface area contributed by atoms with E-state index < -0.39 is 6.85 Å². The van der Waals surface area contributed by atoms with Crippen LogP contribution in [0.4, 0.5) is 0 Å². The van der Waals surface area contributed by atoms with E-state index in [0.29, 0.717) is 16.8 Å². The molecule has 0 aliphatic rings. The smallest absolute Gasteiger partial charge is 0.0719 e. The summed E-state index contributed by atoms with van der Waals surface area (Å²) < 4.78 is 26.7. The molecule has 0 atom stereocenters. The summed E-state index contributed by atoms with van der Waals surface area (Å²) in [5.74, 6) is 0. The minimum atomic E-state index is -2.23. The number of rotatable bonds is 2. The van der Waals surface area contributed by atoms with Crippen LogP contribution >= 0.6 is 11.3 Å². The van der Waals surface area contributed by atoms with Crippen LogP contribution in [0, 0.1) is 13.8 Å². The number of benzene rings is 3. The van der Waals surface area contributed by atoms with Crippen LogP contribution in [-0.4, -0.2) is 4.98 Å². The molecule has 0 saturated carbocycles. The quantitative estimate of drug-likeness (QED) is 0.316. The first kappa shape index (κ1) is 13.2. The lowest BCUT2D eigenvalue weighted by molar-refractivity contribution is 1.29. The van der Waals surface area contributed by atoms with Gasteiger partial charge in [-0.1, -0.05) is 66.7 Å². The molecule has 0 saturated heterocycles. The van der Waals surface area contributed by atoms with Gasteiger partial charge in [0.15, 0.2) is 0 Å². The monoisotopic (exact) mass is 368 g/mol. The number of thiophene rings is 1. The van der Waals surface area contributed by atoms with Crippen molar-refractivity contribution in [2.75, 3.05) is 0 Å². The van der Waals surface area contributed by atoms with Crippen molar-refractivity contribution < 1.29 is 4.11 Å². The van der Waals surface area contributed by atoms with Gasteiger partial charge in [0, 0.05) is 41.6 Å². The van der Waals surface area contributed by atoms with Crippen molar-refractivity contribution in [2.24, 2.45) is 0 Å². The van der Waals surface area contributed by atoms with Gasteiger partial charge in [-0.3, -0.25) is 4.98 Å². The molecule has 0 amide bonds. The Morgan fingerprint density at radius 2 is 1.56 bits per heavy atom. The molecule has 3 aromatic carbocycles. The second-order valence-corrected chi connectivity index (χ2v) is 7.74. The summed E-state index contributed by atoms with van der Waals surface area (Å²) in [6, 6.07) is 23.8. The average Bonchev–Trinajstić information content (AvgIpc) is 3.14. The number of hydrogen-bond donors (Lipinski definition) is 0. The Bertz CT molecular complexity index is 1380. The molecular formula is C25H19NS. The maximum absolute atomic E-state index is 8.11. The summed E-state index contributed by atoms with van der Waals surface area (Å²) in [5.41, 5.74) is 4.74. The Hall–Kier alpha value is -2.97. The van der Waals surface area contributed by atoms with Crippen molar-refractivity contribution in [3.63, 3.8) is 0 Å². The highest BCUT2D eigenvalue weighted by atomic mass is 32.1. The number of nitrogens with zero attached hydrogens (tertiary/aromatic N) is 1. The van der Waals surface area contributed by atoms with Crippen molar-refractivity contribution >= 4 is 31.5 Å². The molecule has 0 radical (unpaired) electrons. The molecule has 5 aromatic rings. The van der Waals surface area contributed by atoms with E-state index in [4.69, 9.17) is 9.10 Å². The van der Waals surface area contributed by atoms with Gasteiger partial charge in [-0.15, -0.1) is 11.3 Å². The van der Waals surface area contributed by atoms with E-state index in [0.717, 1.165) is 15.8 Å². The van der Waals surface area contributed by atoms with Crippen LogP contribution in [0.2, 0.25) is 0 Å². The fourth-order valence-corrected chi connectivity index (χ4v) is 4.90. The Morgan fingerprint density at radius 3 is 2.37 bits per heavy atom. The number of pyridine rings is 1. The third-order valence-corrected chi connectivity index (χ3v) is 6.38. The van der Waals surface area contributed by atoms with Gasteiger partial charge in [-0.2, -0.15) is 0 Å². The Morgan fingerprint density at radius 1 is 0.778 bits per heavy atom. The summed E-state index contributed by atoms with van der Waals surface area (Å²) >= 11 is 1.74. The number of aryl methyl sites for hydroxylation is 2. The van der Waals surface area contributed by atoms with E-state index in [2.05, 4.69) is 31.2 Å². The van der Waals surface area contributed by atoms with E-state index >= 15 is 0 Å². The predicted octanol–water partition coefficient (Wildman–Crippen LogP) is 7.40. The average molecular weight is 369 g/mol. The summed E-state index contributed by atoms with van der Waals surface area (Å²) in [6.07, 6.45) is 1.70. The van der Waals surface area contributed by atoms with Crippen molar-refractivity contribution in [3.8, 4) is 22.4 Å². The van der Waals surface area contributed by atoms with Gasteiger partial charge in [-0.25, -0.2) is 0 Å². The van der Waals surface area contributed by atoms with E-state index in [1.54, 1.807) is 23.6 Å². The minimum absolute atomic E-state index is 0.327. The van der Waals surface area contributed by atoms with E-state index in [1.807, 2.05) is 42.5 Å². The highest BCUT2D eigenvalue weighted by Gasteiger charge is 2.13. The molecule has 0 unspecified atom stereocenters. The standard InChI is InChI=1S/C25H19NS/c1-16-8-6-11-19-20-12-7-13-21(25(20)27-24(16)19)23-14-17(2)22(15-26-23)18-9-4-3-5-10-18/h3-15H,1-2H3/i2D3. The largest absolute Gasteiger partial charge is 0.256 e. The second-order valence-electron chi connectivity index (χ2n) is 6.72. The first-order valence-corrected chi connectivity index (χ1v) is 9.72. The molecule has 2 heteroatoms. The zero-order valence-corrected chi connectivity index (χ0v) is 15.7. The summed E-state index contributed by atoms with van der Waals surface area (Å²) in [5, 5.41) is 2.41. The van der Waals surface area contributed by atoms with Crippen LogP contribution in [-0.2, 0) is 0 Å². The molecule has 2 heterocycles. The molecule has 1 nitrogen and oxygen atoms in total. The van der Waals surface area contributed by atoms with Crippen LogP contribution in [0.25, 0.3) is 42.6 Å². The predicted molar refractivity (Wildman–Crippen MR) is 117 cm³/mol. The van der Waals surface area contributed by atoms with Crippen LogP contribution in [0.5, 0.6) is 0 Å². The molecule has 0 aliphatic carbocycles. The van der Waals surface area contributed by atoms with Crippen molar-refractivity contribution in [1.29, 1.82) is 0 Å².